The Morgan fingerprint density at radius 3 is 2.95 bits per heavy atom. The quantitative estimate of drug-likeness (QED) is 0.921. The van der Waals surface area contributed by atoms with Gasteiger partial charge >= 0.3 is 0 Å². The van der Waals surface area contributed by atoms with Crippen molar-refractivity contribution in [2.24, 2.45) is 0 Å². The number of carbonyl (C=O) groups is 2. The van der Waals surface area contributed by atoms with E-state index in [4.69, 9.17) is 4.42 Å². The zero-order valence-electron chi connectivity index (χ0n) is 11.9. The summed E-state index contributed by atoms with van der Waals surface area (Å²) in [5.74, 6) is -0.178. The van der Waals surface area contributed by atoms with E-state index in [2.05, 4.69) is 11.4 Å². The number of furan rings is 1. The van der Waals surface area contributed by atoms with Crippen LogP contribution >= 0.6 is 11.3 Å². The minimum Gasteiger partial charge on any atom is -0.459 e. The number of carbonyl (C=O) groups excluding carboxylic acids is 2. The van der Waals surface area contributed by atoms with Gasteiger partial charge in [-0.2, -0.15) is 5.26 Å². The molecule has 0 spiro atoms. The summed E-state index contributed by atoms with van der Waals surface area (Å²) in [4.78, 5) is 26.2. The van der Waals surface area contributed by atoms with Crippen LogP contribution in [0.25, 0.3) is 0 Å². The highest BCUT2D eigenvalue weighted by molar-refractivity contribution is 7.16. The second-order valence-corrected chi connectivity index (χ2v) is 6.05. The maximum atomic E-state index is 12.1. The number of nitriles is 1. The van der Waals surface area contributed by atoms with E-state index in [0.29, 0.717) is 30.1 Å². The molecule has 2 aromatic heterocycles. The summed E-state index contributed by atoms with van der Waals surface area (Å²) in [6.45, 7) is 2.61. The van der Waals surface area contributed by atoms with Crippen LogP contribution in [0.4, 0.5) is 5.00 Å². The molecule has 0 saturated carbocycles. The van der Waals surface area contributed by atoms with Gasteiger partial charge in [0.2, 0.25) is 5.91 Å². The van der Waals surface area contributed by atoms with E-state index in [0.717, 1.165) is 10.4 Å². The molecule has 1 N–H and O–H groups in total. The van der Waals surface area contributed by atoms with Crippen molar-refractivity contribution in [3.63, 3.8) is 0 Å². The molecule has 0 aromatic carbocycles. The topological polar surface area (TPSA) is 86.3 Å². The lowest BCUT2D eigenvalue weighted by Crippen LogP contribution is -2.33. The normalized spacial score (nSPS) is 13.4. The third kappa shape index (κ3) is 2.49. The van der Waals surface area contributed by atoms with Crippen LogP contribution < -0.4 is 5.32 Å². The van der Waals surface area contributed by atoms with Crippen molar-refractivity contribution in [3.05, 3.63) is 40.2 Å². The number of anilines is 1. The van der Waals surface area contributed by atoms with Crippen LogP contribution in [0.1, 0.15) is 33.5 Å². The lowest BCUT2D eigenvalue weighted by Gasteiger charge is -2.25. The van der Waals surface area contributed by atoms with Gasteiger partial charge in [0, 0.05) is 18.3 Å². The minimum absolute atomic E-state index is 0.0127. The van der Waals surface area contributed by atoms with Crippen LogP contribution in [0, 0.1) is 11.3 Å². The van der Waals surface area contributed by atoms with Crippen molar-refractivity contribution in [2.45, 2.75) is 19.9 Å². The number of nitrogens with zero attached hydrogens (tertiary/aromatic N) is 2. The zero-order chi connectivity index (χ0) is 15.7. The first kappa shape index (κ1) is 14.4. The van der Waals surface area contributed by atoms with Gasteiger partial charge in [-0.15, -0.1) is 11.3 Å². The molecule has 7 heteroatoms. The number of amides is 2. The predicted octanol–water partition coefficient (Wildman–Crippen LogP) is 2.37. The molecule has 0 bridgehead atoms. The Balaban J connectivity index is 1.89. The van der Waals surface area contributed by atoms with Crippen LogP contribution in [0.3, 0.4) is 0 Å². The Kier molecular flexibility index (Phi) is 3.69. The Labute approximate surface area is 130 Å². The number of rotatable bonds is 2. The van der Waals surface area contributed by atoms with Crippen LogP contribution in [-0.4, -0.2) is 23.3 Å². The molecular weight excluding hydrogens is 302 g/mol. The summed E-state index contributed by atoms with van der Waals surface area (Å²) in [5, 5.41) is 12.6. The van der Waals surface area contributed by atoms with E-state index in [1.54, 1.807) is 17.0 Å². The van der Waals surface area contributed by atoms with Crippen molar-refractivity contribution in [3.8, 4) is 6.07 Å². The summed E-state index contributed by atoms with van der Waals surface area (Å²) < 4.78 is 5.05. The van der Waals surface area contributed by atoms with Gasteiger partial charge < -0.3 is 14.6 Å². The summed E-state index contributed by atoms with van der Waals surface area (Å²) in [7, 11) is 0. The highest BCUT2D eigenvalue weighted by Crippen LogP contribution is 2.36. The van der Waals surface area contributed by atoms with E-state index >= 15 is 0 Å². The standard InChI is InChI=1S/C15H13N3O3S/c1-9(19)18-5-4-10-11(7-16)15(22-13(10)8-18)17-14(20)12-3-2-6-21-12/h2-3,6H,4-5,8H2,1H3,(H,17,20). The van der Waals surface area contributed by atoms with E-state index in [-0.39, 0.29) is 17.6 Å². The van der Waals surface area contributed by atoms with Crippen LogP contribution in [0.5, 0.6) is 0 Å². The second-order valence-electron chi connectivity index (χ2n) is 4.94. The van der Waals surface area contributed by atoms with Gasteiger partial charge in [0.25, 0.3) is 5.91 Å². The summed E-state index contributed by atoms with van der Waals surface area (Å²) >= 11 is 1.34. The van der Waals surface area contributed by atoms with Crippen molar-refractivity contribution < 1.29 is 14.0 Å². The van der Waals surface area contributed by atoms with Gasteiger partial charge in [0.15, 0.2) is 5.76 Å². The molecule has 22 heavy (non-hydrogen) atoms. The fourth-order valence-corrected chi connectivity index (χ4v) is 3.66. The molecule has 0 unspecified atom stereocenters. The third-order valence-corrected chi connectivity index (χ3v) is 4.72. The maximum absolute atomic E-state index is 12.1. The van der Waals surface area contributed by atoms with E-state index in [1.807, 2.05) is 0 Å². The average Bonchev–Trinajstić information content (AvgIpc) is 3.13. The number of nitrogens with one attached hydrogen (secondary N) is 1. The zero-order valence-corrected chi connectivity index (χ0v) is 12.7. The molecule has 0 saturated heterocycles. The molecule has 0 atom stereocenters. The molecule has 1 aliphatic rings. The third-order valence-electron chi connectivity index (χ3n) is 3.59. The predicted molar refractivity (Wildman–Crippen MR) is 80.5 cm³/mol. The number of fused-ring (bicyclic) bond motifs is 1. The first-order valence-electron chi connectivity index (χ1n) is 6.75. The monoisotopic (exact) mass is 315 g/mol. The molecule has 112 valence electrons. The van der Waals surface area contributed by atoms with Gasteiger partial charge in [-0.1, -0.05) is 0 Å². The Hall–Kier alpha value is -2.59. The SMILES string of the molecule is CC(=O)N1CCc2c(sc(NC(=O)c3ccco3)c2C#N)C1. The fraction of sp³-hybridized carbons (Fsp3) is 0.267. The molecular formula is C15H13N3O3S. The van der Waals surface area contributed by atoms with Crippen LogP contribution in [-0.2, 0) is 17.8 Å². The number of thiophene rings is 1. The number of hydrogen-bond acceptors (Lipinski definition) is 5. The van der Waals surface area contributed by atoms with Crippen molar-refractivity contribution in [2.75, 3.05) is 11.9 Å². The minimum atomic E-state index is -0.386. The number of hydrogen-bond donors (Lipinski definition) is 1. The van der Waals surface area contributed by atoms with Gasteiger partial charge in [-0.3, -0.25) is 9.59 Å². The van der Waals surface area contributed by atoms with Crippen LogP contribution in [0.2, 0.25) is 0 Å². The summed E-state index contributed by atoms with van der Waals surface area (Å²) in [6, 6.07) is 5.35. The molecule has 6 nitrogen and oxygen atoms in total. The lowest BCUT2D eigenvalue weighted by atomic mass is 10.0. The molecule has 3 rings (SSSR count). The Bertz CT molecular complexity index is 771. The first-order valence-corrected chi connectivity index (χ1v) is 7.56. The van der Waals surface area contributed by atoms with Gasteiger partial charge in [-0.25, -0.2) is 0 Å². The molecule has 2 aromatic rings. The van der Waals surface area contributed by atoms with Crippen LogP contribution in [0.15, 0.2) is 22.8 Å². The molecule has 0 radical (unpaired) electrons. The second kappa shape index (κ2) is 5.66. The summed E-state index contributed by atoms with van der Waals surface area (Å²) in [5.41, 5.74) is 1.42. The average molecular weight is 315 g/mol. The summed E-state index contributed by atoms with van der Waals surface area (Å²) in [6.07, 6.45) is 2.05. The Morgan fingerprint density at radius 1 is 1.50 bits per heavy atom. The molecule has 1 aliphatic heterocycles. The molecule has 2 amide bonds. The van der Waals surface area contributed by atoms with Crippen molar-refractivity contribution >= 4 is 28.2 Å². The molecule has 3 heterocycles. The fourth-order valence-electron chi connectivity index (χ4n) is 2.45. The van der Waals surface area contributed by atoms with E-state index in [9.17, 15) is 14.9 Å². The van der Waals surface area contributed by atoms with Crippen molar-refractivity contribution in [1.82, 2.24) is 4.90 Å². The highest BCUT2D eigenvalue weighted by atomic mass is 32.1. The lowest BCUT2D eigenvalue weighted by molar-refractivity contribution is -0.129. The van der Waals surface area contributed by atoms with E-state index < -0.39 is 0 Å². The van der Waals surface area contributed by atoms with Gasteiger partial charge in [0.1, 0.15) is 11.1 Å². The molecule has 0 aliphatic carbocycles. The Morgan fingerprint density at radius 2 is 2.32 bits per heavy atom. The smallest absolute Gasteiger partial charge is 0.291 e. The van der Waals surface area contributed by atoms with Crippen molar-refractivity contribution in [1.29, 1.82) is 5.26 Å². The maximum Gasteiger partial charge on any atom is 0.291 e. The van der Waals surface area contributed by atoms with Gasteiger partial charge in [-0.05, 0) is 24.1 Å². The molecule has 0 fully saturated rings. The van der Waals surface area contributed by atoms with Gasteiger partial charge in [0.05, 0.1) is 18.4 Å². The first-order chi connectivity index (χ1) is 10.6. The van der Waals surface area contributed by atoms with E-state index in [1.165, 1.54) is 24.5 Å². The highest BCUT2D eigenvalue weighted by Gasteiger charge is 2.26. The largest absolute Gasteiger partial charge is 0.459 e.